The second-order valence-corrected chi connectivity index (χ2v) is 10.4. The van der Waals surface area contributed by atoms with E-state index >= 15 is 0 Å². The minimum atomic E-state index is -0.651. The van der Waals surface area contributed by atoms with Crippen molar-refractivity contribution in [3.63, 3.8) is 0 Å². The molecule has 2 aliphatic heterocycles. The summed E-state index contributed by atoms with van der Waals surface area (Å²) in [6.45, 7) is 4.97. The minimum Gasteiger partial charge on any atom is -0.462 e. The summed E-state index contributed by atoms with van der Waals surface area (Å²) >= 11 is 0. The summed E-state index contributed by atoms with van der Waals surface area (Å²) in [4.78, 5) is 47.4. The summed E-state index contributed by atoms with van der Waals surface area (Å²) in [5, 5.41) is 2.92. The predicted octanol–water partition coefficient (Wildman–Crippen LogP) is 5.56. The van der Waals surface area contributed by atoms with E-state index < -0.39 is 11.9 Å². The van der Waals surface area contributed by atoms with E-state index in [4.69, 9.17) is 9.73 Å². The third-order valence-corrected chi connectivity index (χ3v) is 7.69. The SMILES string of the molecule is CCOC(=O)c1ccc2c(c1)NC(=O)C2C(=Nc1ccc(N(C)C(=O)CCN2CCCCC2)cc1)c1ccccc1. The molecule has 0 spiro atoms. The van der Waals surface area contributed by atoms with Gasteiger partial charge in [0.1, 0.15) is 5.92 Å². The first-order valence-corrected chi connectivity index (χ1v) is 14.3. The zero-order valence-electron chi connectivity index (χ0n) is 23.6. The minimum absolute atomic E-state index is 0.0817. The first-order valence-electron chi connectivity index (χ1n) is 14.3. The number of nitrogens with zero attached hydrogens (tertiary/aromatic N) is 3. The van der Waals surface area contributed by atoms with E-state index in [-0.39, 0.29) is 18.4 Å². The van der Waals surface area contributed by atoms with E-state index in [1.807, 2.05) is 54.6 Å². The second kappa shape index (κ2) is 12.9. The Kier molecular flexibility index (Phi) is 8.89. The van der Waals surface area contributed by atoms with Gasteiger partial charge in [-0.3, -0.25) is 14.6 Å². The zero-order valence-corrected chi connectivity index (χ0v) is 23.6. The van der Waals surface area contributed by atoms with Crippen LogP contribution < -0.4 is 10.2 Å². The van der Waals surface area contributed by atoms with Gasteiger partial charge < -0.3 is 19.9 Å². The van der Waals surface area contributed by atoms with Crippen molar-refractivity contribution in [2.45, 2.75) is 38.5 Å². The topological polar surface area (TPSA) is 91.3 Å². The number of hydrogen-bond donors (Lipinski definition) is 1. The molecule has 2 aliphatic rings. The Morgan fingerprint density at radius 2 is 1.71 bits per heavy atom. The molecule has 0 aromatic heterocycles. The molecule has 0 bridgehead atoms. The first-order chi connectivity index (χ1) is 19.9. The van der Waals surface area contributed by atoms with Gasteiger partial charge in [0.2, 0.25) is 11.8 Å². The number of carbonyl (C=O) groups is 3. The Hall–Kier alpha value is -4.30. The number of carbonyl (C=O) groups excluding carboxylic acids is 3. The highest BCUT2D eigenvalue weighted by molar-refractivity contribution is 6.24. The van der Waals surface area contributed by atoms with Gasteiger partial charge >= 0.3 is 5.97 Å². The summed E-state index contributed by atoms with van der Waals surface area (Å²) in [5.41, 5.74) is 4.61. The van der Waals surface area contributed by atoms with Crippen LogP contribution in [0.25, 0.3) is 0 Å². The Labute approximate surface area is 241 Å². The summed E-state index contributed by atoms with van der Waals surface area (Å²) in [6, 6.07) is 22.2. The molecule has 2 amide bonds. The number of hydrogen-bond acceptors (Lipinski definition) is 6. The van der Waals surface area contributed by atoms with Gasteiger partial charge in [0.25, 0.3) is 0 Å². The van der Waals surface area contributed by atoms with Crippen LogP contribution >= 0.6 is 0 Å². The summed E-state index contributed by atoms with van der Waals surface area (Å²) in [6.07, 6.45) is 4.18. The molecule has 1 atom stereocenters. The van der Waals surface area contributed by atoms with Crippen LogP contribution in [0.4, 0.5) is 17.1 Å². The summed E-state index contributed by atoms with van der Waals surface area (Å²) in [5.74, 6) is -1.21. The lowest BCUT2D eigenvalue weighted by Crippen LogP contribution is -2.35. The fraction of sp³-hybridized carbons (Fsp3) is 0.333. The molecule has 3 aromatic carbocycles. The van der Waals surface area contributed by atoms with Gasteiger partial charge in [0, 0.05) is 31.4 Å². The van der Waals surface area contributed by atoms with Crippen LogP contribution in [0.3, 0.4) is 0 Å². The molecular weight excluding hydrogens is 516 g/mol. The number of benzene rings is 3. The Morgan fingerprint density at radius 1 is 0.976 bits per heavy atom. The number of piperidine rings is 1. The van der Waals surface area contributed by atoms with Gasteiger partial charge in [-0.2, -0.15) is 0 Å². The van der Waals surface area contributed by atoms with Gasteiger partial charge in [-0.05, 0) is 80.4 Å². The van der Waals surface area contributed by atoms with Crippen molar-refractivity contribution < 1.29 is 19.1 Å². The largest absolute Gasteiger partial charge is 0.462 e. The predicted molar refractivity (Wildman–Crippen MR) is 161 cm³/mol. The monoisotopic (exact) mass is 552 g/mol. The van der Waals surface area contributed by atoms with Gasteiger partial charge in [0.05, 0.1) is 23.6 Å². The average molecular weight is 553 g/mol. The standard InChI is InChI=1S/C33H36N4O4/c1-3-41-33(40)24-12-17-27-28(22-24)35-32(39)30(27)31(23-10-6-4-7-11-23)34-25-13-15-26(16-14-25)36(2)29(38)18-21-37-19-8-5-9-20-37/h4,6-7,10-17,22,30H,3,5,8-9,18-21H2,1-2H3,(H,35,39). The van der Waals surface area contributed by atoms with Crippen LogP contribution in [0.5, 0.6) is 0 Å². The van der Waals surface area contributed by atoms with Crippen LogP contribution in [0.2, 0.25) is 0 Å². The Bertz CT molecular complexity index is 1430. The number of aliphatic imine (C=N–C) groups is 1. The number of fused-ring (bicyclic) bond motifs is 1. The average Bonchev–Trinajstić information content (AvgIpc) is 3.34. The molecule has 212 valence electrons. The lowest BCUT2D eigenvalue weighted by molar-refractivity contribution is -0.118. The van der Waals surface area contributed by atoms with E-state index in [0.29, 0.717) is 29.1 Å². The quantitative estimate of drug-likeness (QED) is 0.277. The molecule has 0 saturated carbocycles. The molecule has 3 aromatic rings. The number of rotatable bonds is 9. The second-order valence-electron chi connectivity index (χ2n) is 10.4. The zero-order chi connectivity index (χ0) is 28.8. The van der Waals surface area contributed by atoms with Crippen LogP contribution in [-0.2, 0) is 14.3 Å². The highest BCUT2D eigenvalue weighted by atomic mass is 16.5. The number of nitrogens with one attached hydrogen (secondary N) is 1. The van der Waals surface area contributed by atoms with Crippen molar-refractivity contribution in [2.75, 3.05) is 43.5 Å². The molecule has 1 fully saturated rings. The normalized spacial score (nSPS) is 17.1. The van der Waals surface area contributed by atoms with Crippen molar-refractivity contribution >= 4 is 40.6 Å². The molecule has 8 nitrogen and oxygen atoms in total. The van der Waals surface area contributed by atoms with Crippen LogP contribution in [0.15, 0.2) is 77.8 Å². The molecule has 1 saturated heterocycles. The van der Waals surface area contributed by atoms with Crippen LogP contribution in [0.1, 0.15) is 60.0 Å². The number of likely N-dealkylation sites (tertiary alicyclic amines) is 1. The smallest absolute Gasteiger partial charge is 0.338 e. The molecule has 2 heterocycles. The lowest BCUT2D eigenvalue weighted by atomic mass is 9.90. The highest BCUT2D eigenvalue weighted by Gasteiger charge is 2.36. The molecule has 1 N–H and O–H groups in total. The third-order valence-electron chi connectivity index (χ3n) is 7.69. The molecule has 0 radical (unpaired) electrons. The van der Waals surface area contributed by atoms with Crippen molar-refractivity contribution in [3.05, 3.63) is 89.5 Å². The number of esters is 1. The van der Waals surface area contributed by atoms with Crippen molar-refractivity contribution in [1.82, 2.24) is 4.90 Å². The van der Waals surface area contributed by atoms with Crippen LogP contribution in [0, 0.1) is 0 Å². The van der Waals surface area contributed by atoms with Gasteiger partial charge in [-0.1, -0.05) is 42.8 Å². The number of amides is 2. The van der Waals surface area contributed by atoms with Crippen LogP contribution in [-0.4, -0.2) is 61.7 Å². The molecule has 41 heavy (non-hydrogen) atoms. The van der Waals surface area contributed by atoms with E-state index in [9.17, 15) is 14.4 Å². The molecular formula is C33H36N4O4. The molecule has 0 aliphatic carbocycles. The molecule has 1 unspecified atom stereocenters. The van der Waals surface area contributed by atoms with E-state index in [1.54, 1.807) is 37.1 Å². The number of ether oxygens (including phenoxy) is 1. The summed E-state index contributed by atoms with van der Waals surface area (Å²) in [7, 11) is 1.80. The first kappa shape index (κ1) is 28.2. The lowest BCUT2D eigenvalue weighted by Gasteiger charge is -2.27. The van der Waals surface area contributed by atoms with Gasteiger partial charge in [-0.15, -0.1) is 0 Å². The molecule has 8 heteroatoms. The van der Waals surface area contributed by atoms with E-state index in [1.165, 1.54) is 19.3 Å². The fourth-order valence-corrected chi connectivity index (χ4v) is 5.42. The van der Waals surface area contributed by atoms with Gasteiger partial charge in [-0.25, -0.2) is 4.79 Å². The van der Waals surface area contributed by atoms with E-state index in [2.05, 4.69) is 10.2 Å². The van der Waals surface area contributed by atoms with Crippen molar-refractivity contribution in [1.29, 1.82) is 0 Å². The maximum absolute atomic E-state index is 13.3. The third kappa shape index (κ3) is 6.55. The highest BCUT2D eigenvalue weighted by Crippen LogP contribution is 2.37. The van der Waals surface area contributed by atoms with Gasteiger partial charge in [0.15, 0.2) is 0 Å². The number of anilines is 2. The maximum atomic E-state index is 13.3. The van der Waals surface area contributed by atoms with E-state index in [0.717, 1.165) is 36.4 Å². The van der Waals surface area contributed by atoms with Crippen molar-refractivity contribution in [3.8, 4) is 0 Å². The fourth-order valence-electron chi connectivity index (χ4n) is 5.42. The molecule has 5 rings (SSSR count). The Morgan fingerprint density at radius 3 is 2.41 bits per heavy atom. The Balaban J connectivity index is 1.38. The summed E-state index contributed by atoms with van der Waals surface area (Å²) < 4.78 is 5.12. The van der Waals surface area contributed by atoms with Crippen molar-refractivity contribution in [2.24, 2.45) is 4.99 Å². The maximum Gasteiger partial charge on any atom is 0.338 e.